The standard InChI is InChI=1S/C7H11NO2/c1-5-6-4-10-8-7(6)2-3-9-5/h5,8H,2-4H2,1H3/t5-/m1/s1. The molecule has 3 heteroatoms. The molecule has 0 aromatic carbocycles. The first-order valence-corrected chi connectivity index (χ1v) is 3.59. The molecule has 0 saturated carbocycles. The molecule has 56 valence electrons. The predicted molar refractivity (Wildman–Crippen MR) is 36.1 cm³/mol. The molecule has 2 heterocycles. The van der Waals surface area contributed by atoms with Crippen LogP contribution in [0.2, 0.25) is 0 Å². The van der Waals surface area contributed by atoms with Crippen LogP contribution in [0.3, 0.4) is 0 Å². The lowest BCUT2D eigenvalue weighted by molar-refractivity contribution is 0.0776. The SMILES string of the molecule is C[C@H]1OCCC2=C1CON2. The van der Waals surface area contributed by atoms with Crippen LogP contribution in [-0.4, -0.2) is 19.3 Å². The summed E-state index contributed by atoms with van der Waals surface area (Å²) in [6.07, 6.45) is 1.22. The summed E-state index contributed by atoms with van der Waals surface area (Å²) >= 11 is 0. The zero-order valence-electron chi connectivity index (χ0n) is 6.02. The van der Waals surface area contributed by atoms with Crippen LogP contribution in [0.5, 0.6) is 0 Å². The molecule has 0 aromatic rings. The molecule has 0 fully saturated rings. The minimum absolute atomic E-state index is 0.249. The highest BCUT2D eigenvalue weighted by atomic mass is 16.7. The van der Waals surface area contributed by atoms with Crippen LogP contribution in [0, 0.1) is 0 Å². The lowest BCUT2D eigenvalue weighted by atomic mass is 10.1. The van der Waals surface area contributed by atoms with Crippen LogP contribution >= 0.6 is 0 Å². The Morgan fingerprint density at radius 2 is 2.50 bits per heavy atom. The van der Waals surface area contributed by atoms with Crippen LogP contribution in [-0.2, 0) is 9.57 Å². The van der Waals surface area contributed by atoms with Crippen molar-refractivity contribution in [1.82, 2.24) is 5.48 Å². The second kappa shape index (κ2) is 2.25. The fourth-order valence-electron chi connectivity index (χ4n) is 1.37. The fourth-order valence-corrected chi connectivity index (χ4v) is 1.37. The highest BCUT2D eigenvalue weighted by Crippen LogP contribution is 2.22. The topological polar surface area (TPSA) is 30.5 Å². The Labute approximate surface area is 60.0 Å². The summed E-state index contributed by atoms with van der Waals surface area (Å²) in [7, 11) is 0. The van der Waals surface area contributed by atoms with Crippen LogP contribution in [0.4, 0.5) is 0 Å². The molecule has 0 saturated heterocycles. The van der Waals surface area contributed by atoms with E-state index in [-0.39, 0.29) is 6.10 Å². The van der Waals surface area contributed by atoms with Gasteiger partial charge in [0.25, 0.3) is 0 Å². The molecule has 10 heavy (non-hydrogen) atoms. The van der Waals surface area contributed by atoms with Gasteiger partial charge in [0.1, 0.15) is 6.61 Å². The fraction of sp³-hybridized carbons (Fsp3) is 0.714. The van der Waals surface area contributed by atoms with Gasteiger partial charge in [-0.3, -0.25) is 10.3 Å². The van der Waals surface area contributed by atoms with Crippen molar-refractivity contribution in [1.29, 1.82) is 0 Å². The third-order valence-electron chi connectivity index (χ3n) is 2.02. The molecule has 0 aromatic heterocycles. The lowest BCUT2D eigenvalue weighted by Crippen LogP contribution is -2.21. The van der Waals surface area contributed by atoms with Crippen LogP contribution in [0.1, 0.15) is 13.3 Å². The third kappa shape index (κ3) is 0.822. The molecular formula is C7H11NO2. The van der Waals surface area contributed by atoms with Gasteiger partial charge in [-0.1, -0.05) is 0 Å². The van der Waals surface area contributed by atoms with Gasteiger partial charge in [0.2, 0.25) is 0 Å². The smallest absolute Gasteiger partial charge is 0.100 e. The maximum absolute atomic E-state index is 5.41. The van der Waals surface area contributed by atoms with E-state index in [0.29, 0.717) is 6.61 Å². The summed E-state index contributed by atoms with van der Waals surface area (Å²) < 4.78 is 5.41. The molecule has 2 aliphatic heterocycles. The zero-order chi connectivity index (χ0) is 6.97. The first-order chi connectivity index (χ1) is 4.88. The number of hydroxylamine groups is 1. The molecule has 0 amide bonds. The van der Waals surface area contributed by atoms with Gasteiger partial charge >= 0.3 is 0 Å². The minimum Gasteiger partial charge on any atom is -0.374 e. The van der Waals surface area contributed by atoms with E-state index in [0.717, 1.165) is 13.0 Å². The van der Waals surface area contributed by atoms with E-state index in [1.165, 1.54) is 11.3 Å². The normalized spacial score (nSPS) is 31.9. The first-order valence-electron chi connectivity index (χ1n) is 3.59. The zero-order valence-corrected chi connectivity index (χ0v) is 6.02. The molecule has 3 nitrogen and oxygen atoms in total. The Hall–Kier alpha value is -0.540. The van der Waals surface area contributed by atoms with Crippen molar-refractivity contribution < 1.29 is 9.57 Å². The summed E-state index contributed by atoms with van der Waals surface area (Å²) in [5.41, 5.74) is 5.41. The van der Waals surface area contributed by atoms with Crippen LogP contribution in [0.25, 0.3) is 0 Å². The van der Waals surface area contributed by atoms with Crippen molar-refractivity contribution in [3.8, 4) is 0 Å². The number of nitrogens with one attached hydrogen (secondary N) is 1. The number of rotatable bonds is 0. The van der Waals surface area contributed by atoms with E-state index < -0.39 is 0 Å². The molecule has 0 spiro atoms. The maximum Gasteiger partial charge on any atom is 0.100 e. The van der Waals surface area contributed by atoms with Crippen LogP contribution in [0.15, 0.2) is 11.3 Å². The van der Waals surface area contributed by atoms with Gasteiger partial charge in [-0.25, -0.2) is 0 Å². The van der Waals surface area contributed by atoms with Gasteiger partial charge in [0.05, 0.1) is 12.7 Å². The highest BCUT2D eigenvalue weighted by molar-refractivity contribution is 5.21. The van der Waals surface area contributed by atoms with Gasteiger partial charge in [-0.05, 0) is 6.92 Å². The highest BCUT2D eigenvalue weighted by Gasteiger charge is 2.24. The predicted octanol–water partition coefficient (Wildman–Crippen LogP) is 0.584. The second-order valence-corrected chi connectivity index (χ2v) is 2.66. The molecule has 2 rings (SSSR count). The van der Waals surface area contributed by atoms with Crippen molar-refractivity contribution in [3.05, 3.63) is 11.3 Å². The van der Waals surface area contributed by atoms with Crippen molar-refractivity contribution in [2.75, 3.05) is 13.2 Å². The quantitative estimate of drug-likeness (QED) is 0.535. The summed E-state index contributed by atoms with van der Waals surface area (Å²) in [5, 5.41) is 0. The van der Waals surface area contributed by atoms with Crippen molar-refractivity contribution in [2.45, 2.75) is 19.4 Å². The van der Waals surface area contributed by atoms with E-state index >= 15 is 0 Å². The van der Waals surface area contributed by atoms with Gasteiger partial charge < -0.3 is 4.74 Å². The Bertz CT molecular complexity index is 176. The molecule has 0 bridgehead atoms. The Morgan fingerprint density at radius 3 is 3.30 bits per heavy atom. The molecule has 1 N–H and O–H groups in total. The summed E-state index contributed by atoms with van der Waals surface area (Å²) in [6, 6.07) is 0. The molecule has 2 aliphatic rings. The van der Waals surface area contributed by atoms with E-state index in [2.05, 4.69) is 12.4 Å². The Kier molecular flexibility index (Phi) is 1.39. The number of hydrogen-bond donors (Lipinski definition) is 1. The lowest BCUT2D eigenvalue weighted by Gasteiger charge is -2.19. The first kappa shape index (κ1) is 6.19. The monoisotopic (exact) mass is 141 g/mol. The average molecular weight is 141 g/mol. The van der Waals surface area contributed by atoms with Crippen LogP contribution < -0.4 is 5.48 Å². The van der Waals surface area contributed by atoms with Crippen molar-refractivity contribution >= 4 is 0 Å². The maximum atomic E-state index is 5.41. The summed E-state index contributed by atoms with van der Waals surface area (Å²) in [4.78, 5) is 5.06. The Morgan fingerprint density at radius 1 is 1.60 bits per heavy atom. The van der Waals surface area contributed by atoms with E-state index in [9.17, 15) is 0 Å². The van der Waals surface area contributed by atoms with E-state index in [1.807, 2.05) is 0 Å². The van der Waals surface area contributed by atoms with Gasteiger partial charge in [-0.2, -0.15) is 0 Å². The second-order valence-electron chi connectivity index (χ2n) is 2.66. The van der Waals surface area contributed by atoms with Gasteiger partial charge in [0.15, 0.2) is 0 Å². The largest absolute Gasteiger partial charge is 0.374 e. The van der Waals surface area contributed by atoms with Gasteiger partial charge in [-0.15, -0.1) is 0 Å². The third-order valence-corrected chi connectivity index (χ3v) is 2.02. The van der Waals surface area contributed by atoms with E-state index in [4.69, 9.17) is 9.57 Å². The molecule has 0 aliphatic carbocycles. The minimum atomic E-state index is 0.249. The molecule has 0 radical (unpaired) electrons. The number of ether oxygens (including phenoxy) is 1. The molecule has 1 atom stereocenters. The van der Waals surface area contributed by atoms with Crippen molar-refractivity contribution in [2.24, 2.45) is 0 Å². The van der Waals surface area contributed by atoms with Crippen molar-refractivity contribution in [3.63, 3.8) is 0 Å². The summed E-state index contributed by atoms with van der Waals surface area (Å²) in [5.74, 6) is 0. The molecular weight excluding hydrogens is 130 g/mol. The van der Waals surface area contributed by atoms with Gasteiger partial charge in [0, 0.05) is 17.7 Å². The summed E-state index contributed by atoms with van der Waals surface area (Å²) in [6.45, 7) is 3.57. The van der Waals surface area contributed by atoms with E-state index in [1.54, 1.807) is 0 Å². The average Bonchev–Trinajstić information content (AvgIpc) is 2.36. The molecule has 0 unspecified atom stereocenters. The Balaban J connectivity index is 2.22. The number of hydrogen-bond acceptors (Lipinski definition) is 3.